The number of methoxy groups -OCH3 is 2. The zero-order chi connectivity index (χ0) is 20.5. The van der Waals surface area contributed by atoms with Gasteiger partial charge in [0, 0.05) is 32.0 Å². The van der Waals surface area contributed by atoms with Crippen LogP contribution in [0.1, 0.15) is 0 Å². The number of aromatic nitrogens is 1. The fourth-order valence-corrected chi connectivity index (χ4v) is 3.86. The second-order valence-corrected chi connectivity index (χ2v) is 7.37. The molecule has 4 aromatic rings. The van der Waals surface area contributed by atoms with Gasteiger partial charge < -0.3 is 9.47 Å². The van der Waals surface area contributed by atoms with Gasteiger partial charge >= 0.3 is 0 Å². The molecule has 1 heterocycles. The number of halogens is 2. The van der Waals surface area contributed by atoms with Gasteiger partial charge in [-0.3, -0.25) is 4.98 Å². The highest BCUT2D eigenvalue weighted by atomic mass is 35.5. The summed E-state index contributed by atoms with van der Waals surface area (Å²) in [5, 5.41) is 1.36. The third-order valence-electron chi connectivity index (χ3n) is 4.73. The van der Waals surface area contributed by atoms with E-state index in [0.717, 1.165) is 26.9 Å². The lowest BCUT2D eigenvalue weighted by molar-refractivity contribution is 0.410. The maximum absolute atomic E-state index is 13.7. The molecule has 0 bridgehead atoms. The summed E-state index contributed by atoms with van der Waals surface area (Å²) in [6.07, 6.45) is 1.67. The summed E-state index contributed by atoms with van der Waals surface area (Å²) >= 11 is 11.0. The van der Waals surface area contributed by atoms with Gasteiger partial charge in [0.25, 0.3) is 0 Å². The third kappa shape index (κ3) is 3.63. The molecule has 0 aliphatic heterocycles. The average molecular weight is 426 g/mol. The molecular weight excluding hydrogens is 409 g/mol. The molecule has 0 saturated heterocycles. The van der Waals surface area contributed by atoms with Crippen LogP contribution < -0.4 is 9.47 Å². The fraction of sp³-hybridized carbons (Fsp3) is 0.0870. The van der Waals surface area contributed by atoms with Crippen molar-refractivity contribution < 1.29 is 13.9 Å². The van der Waals surface area contributed by atoms with Crippen LogP contribution in [0.3, 0.4) is 0 Å². The largest absolute Gasteiger partial charge is 0.496 e. The Kier molecular flexibility index (Phi) is 5.35. The Labute approximate surface area is 178 Å². The first-order valence-electron chi connectivity index (χ1n) is 8.81. The number of ether oxygens (including phenoxy) is 2. The van der Waals surface area contributed by atoms with Gasteiger partial charge in [-0.1, -0.05) is 29.8 Å². The van der Waals surface area contributed by atoms with Crippen LogP contribution in [0.5, 0.6) is 11.5 Å². The summed E-state index contributed by atoms with van der Waals surface area (Å²) in [5.74, 6) is 0.859. The first-order chi connectivity index (χ1) is 14.0. The van der Waals surface area contributed by atoms with Gasteiger partial charge in [0.2, 0.25) is 0 Å². The van der Waals surface area contributed by atoms with E-state index in [1.165, 1.54) is 12.1 Å². The zero-order valence-corrected chi connectivity index (χ0v) is 17.4. The van der Waals surface area contributed by atoms with E-state index in [1.807, 2.05) is 30.3 Å². The van der Waals surface area contributed by atoms with Crippen LogP contribution in [0, 0.1) is 5.82 Å². The number of rotatable bonds is 4. The summed E-state index contributed by atoms with van der Waals surface area (Å²) in [7, 11) is 3.18. The highest BCUT2D eigenvalue weighted by Gasteiger charge is 2.19. The van der Waals surface area contributed by atoms with Gasteiger partial charge in [0.1, 0.15) is 17.3 Å². The lowest BCUT2D eigenvalue weighted by atomic mass is 9.96. The highest BCUT2D eigenvalue weighted by molar-refractivity contribution is 7.80. The number of hydrogen-bond acceptors (Lipinski definition) is 4. The Balaban J connectivity index is 2.00. The van der Waals surface area contributed by atoms with E-state index in [2.05, 4.69) is 17.6 Å². The zero-order valence-electron chi connectivity index (χ0n) is 15.7. The van der Waals surface area contributed by atoms with Gasteiger partial charge in [-0.15, -0.1) is 12.6 Å². The molecule has 0 radical (unpaired) electrons. The van der Waals surface area contributed by atoms with Crippen molar-refractivity contribution in [1.82, 2.24) is 4.98 Å². The molecule has 0 amide bonds. The Bertz CT molecular complexity index is 1230. The molecule has 0 unspecified atom stereocenters. The van der Waals surface area contributed by atoms with Crippen molar-refractivity contribution in [2.45, 2.75) is 4.90 Å². The van der Waals surface area contributed by atoms with E-state index in [1.54, 1.807) is 32.5 Å². The lowest BCUT2D eigenvalue weighted by Crippen LogP contribution is -1.96. The predicted octanol–water partition coefficient (Wildman–Crippen LogP) is 6.67. The third-order valence-corrected chi connectivity index (χ3v) is 5.32. The molecule has 29 heavy (non-hydrogen) atoms. The van der Waals surface area contributed by atoms with E-state index in [-0.39, 0.29) is 5.82 Å². The predicted molar refractivity (Wildman–Crippen MR) is 118 cm³/mol. The van der Waals surface area contributed by atoms with Crippen LogP contribution >= 0.6 is 24.2 Å². The summed E-state index contributed by atoms with van der Waals surface area (Å²) in [6.45, 7) is 0. The van der Waals surface area contributed by atoms with Crippen molar-refractivity contribution in [2.24, 2.45) is 0 Å². The average Bonchev–Trinajstić information content (AvgIpc) is 2.72. The minimum atomic E-state index is -0.328. The second kappa shape index (κ2) is 7.93. The molecule has 0 fully saturated rings. The van der Waals surface area contributed by atoms with E-state index in [9.17, 15) is 4.39 Å². The van der Waals surface area contributed by atoms with E-state index < -0.39 is 0 Å². The Morgan fingerprint density at radius 3 is 2.45 bits per heavy atom. The van der Waals surface area contributed by atoms with Crippen molar-refractivity contribution in [3.63, 3.8) is 0 Å². The summed E-state index contributed by atoms with van der Waals surface area (Å²) in [4.78, 5) is 5.27. The summed E-state index contributed by atoms with van der Waals surface area (Å²) in [6, 6.07) is 15.6. The molecular formula is C23H17ClFNO2S. The molecule has 3 nitrogen and oxygen atoms in total. The second-order valence-electron chi connectivity index (χ2n) is 6.45. The molecule has 1 aromatic heterocycles. The van der Waals surface area contributed by atoms with E-state index >= 15 is 0 Å². The van der Waals surface area contributed by atoms with Crippen molar-refractivity contribution >= 4 is 35.1 Å². The number of thiol groups is 1. The quantitative estimate of drug-likeness (QED) is 0.370. The van der Waals surface area contributed by atoms with Crippen molar-refractivity contribution in [2.75, 3.05) is 14.2 Å². The van der Waals surface area contributed by atoms with Crippen LogP contribution in [-0.2, 0) is 0 Å². The molecule has 146 valence electrons. The fourth-order valence-electron chi connectivity index (χ4n) is 3.39. The van der Waals surface area contributed by atoms with E-state index in [4.69, 9.17) is 21.1 Å². The monoisotopic (exact) mass is 425 g/mol. The number of nitrogens with zero attached hydrogens (tertiary/aromatic N) is 1. The van der Waals surface area contributed by atoms with Crippen LogP contribution in [0.15, 0.2) is 65.7 Å². The number of hydrogen-bond donors (Lipinski definition) is 1. The summed E-state index contributed by atoms with van der Waals surface area (Å²) < 4.78 is 25.0. The van der Waals surface area contributed by atoms with Crippen LogP contribution in [0.25, 0.3) is 33.2 Å². The van der Waals surface area contributed by atoms with Gasteiger partial charge in [-0.25, -0.2) is 4.39 Å². The van der Waals surface area contributed by atoms with E-state index in [0.29, 0.717) is 27.6 Å². The molecule has 3 aromatic carbocycles. The number of benzene rings is 3. The van der Waals surface area contributed by atoms with Gasteiger partial charge in [0.05, 0.1) is 25.9 Å². The van der Waals surface area contributed by atoms with Gasteiger partial charge in [-0.2, -0.15) is 0 Å². The maximum Gasteiger partial charge on any atom is 0.145 e. The molecule has 0 aliphatic carbocycles. The number of pyridine rings is 1. The highest BCUT2D eigenvalue weighted by Crippen LogP contribution is 2.45. The first-order valence-corrected chi connectivity index (χ1v) is 9.64. The smallest absolute Gasteiger partial charge is 0.145 e. The van der Waals surface area contributed by atoms with Gasteiger partial charge in [-0.05, 0) is 42.0 Å². The summed E-state index contributed by atoms with van der Waals surface area (Å²) in [5.41, 5.74) is 3.71. The standard InChI is InChI=1S/C23H17ClFNO2S/c1-27-21-11-17(13-4-3-5-14(25)8-13)19(24)10-18(21)23-16-7-6-15(29)9-20(16)26-12-22(23)28-2/h3-12,29H,1-2H3. The van der Waals surface area contributed by atoms with Crippen molar-refractivity contribution in [3.8, 4) is 33.8 Å². The van der Waals surface area contributed by atoms with Gasteiger partial charge in [0.15, 0.2) is 0 Å². The minimum absolute atomic E-state index is 0.328. The van der Waals surface area contributed by atoms with Crippen LogP contribution in [0.2, 0.25) is 5.02 Å². The maximum atomic E-state index is 13.7. The SMILES string of the molecule is COc1cc(-c2cccc(F)c2)c(Cl)cc1-c1c(OC)cnc2cc(S)ccc12. The lowest BCUT2D eigenvalue weighted by Gasteiger charge is -2.17. The normalized spacial score (nSPS) is 10.9. The number of fused-ring (bicyclic) bond motifs is 1. The van der Waals surface area contributed by atoms with Crippen molar-refractivity contribution in [1.29, 1.82) is 0 Å². The van der Waals surface area contributed by atoms with Crippen LogP contribution in [0.4, 0.5) is 4.39 Å². The molecule has 0 spiro atoms. The van der Waals surface area contributed by atoms with Crippen molar-refractivity contribution in [3.05, 3.63) is 71.6 Å². The molecule has 0 atom stereocenters. The minimum Gasteiger partial charge on any atom is -0.496 e. The first kappa shape index (κ1) is 19.6. The molecule has 0 aliphatic rings. The topological polar surface area (TPSA) is 31.4 Å². The van der Waals surface area contributed by atoms with Crippen LogP contribution in [-0.4, -0.2) is 19.2 Å². The Morgan fingerprint density at radius 2 is 1.72 bits per heavy atom. The Morgan fingerprint density at radius 1 is 0.931 bits per heavy atom. The Hall–Kier alpha value is -2.76. The molecule has 0 saturated carbocycles. The molecule has 6 heteroatoms. The molecule has 0 N–H and O–H groups in total. The molecule has 4 rings (SSSR count).